The summed E-state index contributed by atoms with van der Waals surface area (Å²) in [7, 11) is 0. The van der Waals surface area contributed by atoms with Crippen LogP contribution in [0.3, 0.4) is 0 Å². The molecule has 2 N–H and O–H groups in total. The molecule has 0 aliphatic rings. The highest BCUT2D eigenvalue weighted by Crippen LogP contribution is 2.28. The maximum Gasteiger partial charge on any atom is 0.387 e. The van der Waals surface area contributed by atoms with E-state index in [4.69, 9.17) is 0 Å². The van der Waals surface area contributed by atoms with Crippen LogP contribution < -0.4 is 10.1 Å². The molecule has 128 valence electrons. The number of nitro benzene ring substituents is 1. The molecule has 2 rings (SSSR count). The summed E-state index contributed by atoms with van der Waals surface area (Å²) in [5.74, 6) is -0.0171. The number of rotatable bonds is 7. The molecule has 1 unspecified atom stereocenters. The molecule has 0 aliphatic carbocycles. The predicted molar refractivity (Wildman–Crippen MR) is 87.3 cm³/mol. The second-order valence-electron chi connectivity index (χ2n) is 4.76. The van der Waals surface area contributed by atoms with Crippen molar-refractivity contribution < 1.29 is 23.5 Å². The molecule has 2 aromatic rings. The fourth-order valence-electron chi connectivity index (χ4n) is 2.00. The number of halogens is 3. The van der Waals surface area contributed by atoms with Gasteiger partial charge in [0, 0.05) is 17.1 Å². The van der Waals surface area contributed by atoms with Crippen LogP contribution in [0.2, 0.25) is 0 Å². The Balaban J connectivity index is 2.04. The van der Waals surface area contributed by atoms with Crippen LogP contribution in [0, 0.1) is 10.1 Å². The summed E-state index contributed by atoms with van der Waals surface area (Å²) < 4.78 is 29.0. The summed E-state index contributed by atoms with van der Waals surface area (Å²) in [5.41, 5.74) is 0.596. The molecule has 6 nitrogen and oxygen atoms in total. The van der Waals surface area contributed by atoms with Crippen LogP contribution in [0.4, 0.5) is 20.2 Å². The van der Waals surface area contributed by atoms with Gasteiger partial charge in [0.15, 0.2) is 0 Å². The van der Waals surface area contributed by atoms with Crippen LogP contribution in [0.1, 0.15) is 11.7 Å². The van der Waals surface area contributed by atoms with Crippen molar-refractivity contribution in [3.8, 4) is 5.75 Å². The Morgan fingerprint density at radius 3 is 2.50 bits per heavy atom. The number of hydrogen-bond donors (Lipinski definition) is 2. The van der Waals surface area contributed by atoms with E-state index >= 15 is 0 Å². The van der Waals surface area contributed by atoms with Crippen molar-refractivity contribution >= 4 is 27.3 Å². The van der Waals surface area contributed by atoms with Gasteiger partial charge in [0.05, 0.1) is 11.0 Å². The van der Waals surface area contributed by atoms with Crippen LogP contribution in [0.25, 0.3) is 0 Å². The minimum absolute atomic E-state index is 0.00629. The third kappa shape index (κ3) is 4.87. The van der Waals surface area contributed by atoms with E-state index < -0.39 is 17.6 Å². The van der Waals surface area contributed by atoms with Crippen molar-refractivity contribution in [3.63, 3.8) is 0 Å². The van der Waals surface area contributed by atoms with E-state index in [0.717, 1.165) is 0 Å². The largest absolute Gasteiger partial charge is 0.435 e. The molecule has 0 aliphatic heterocycles. The van der Waals surface area contributed by atoms with Crippen molar-refractivity contribution in [2.45, 2.75) is 12.7 Å². The van der Waals surface area contributed by atoms with E-state index in [9.17, 15) is 24.0 Å². The van der Waals surface area contributed by atoms with Crippen molar-refractivity contribution in [2.24, 2.45) is 0 Å². The number of aliphatic hydroxyl groups excluding tert-OH is 1. The highest BCUT2D eigenvalue weighted by molar-refractivity contribution is 9.10. The number of nitrogens with one attached hydrogen (secondary N) is 1. The monoisotopic (exact) mass is 402 g/mol. The molecule has 0 aromatic heterocycles. The van der Waals surface area contributed by atoms with Gasteiger partial charge in [-0.15, -0.1) is 0 Å². The zero-order valence-corrected chi connectivity index (χ0v) is 13.7. The lowest BCUT2D eigenvalue weighted by atomic mass is 10.1. The number of benzene rings is 2. The second-order valence-corrected chi connectivity index (χ2v) is 5.68. The highest BCUT2D eigenvalue weighted by Gasteiger charge is 2.15. The molecule has 0 amide bonds. The standard InChI is InChI=1S/C15H13BrF2N2O4/c16-10-3-6-13(20(22)23)12(7-10)19-8-14(21)9-1-4-11(5-2-9)24-15(17)18/h1-7,14-15,19,21H,8H2. The quantitative estimate of drug-likeness (QED) is 0.537. The summed E-state index contributed by atoms with van der Waals surface area (Å²) >= 11 is 3.22. The first-order valence-corrected chi connectivity index (χ1v) is 7.57. The molecule has 1 atom stereocenters. The molecule has 0 heterocycles. The van der Waals surface area contributed by atoms with E-state index in [0.29, 0.717) is 10.0 Å². The van der Waals surface area contributed by atoms with Gasteiger partial charge in [-0.05, 0) is 29.8 Å². The molecule has 0 bridgehead atoms. The summed E-state index contributed by atoms with van der Waals surface area (Å²) in [6.45, 7) is -2.91. The Morgan fingerprint density at radius 1 is 1.25 bits per heavy atom. The smallest absolute Gasteiger partial charge is 0.387 e. The van der Waals surface area contributed by atoms with Crippen molar-refractivity contribution in [2.75, 3.05) is 11.9 Å². The van der Waals surface area contributed by atoms with Gasteiger partial charge < -0.3 is 15.2 Å². The minimum atomic E-state index is -2.92. The van der Waals surface area contributed by atoms with Gasteiger partial charge in [-0.25, -0.2) is 0 Å². The Bertz CT molecular complexity index is 713. The lowest BCUT2D eigenvalue weighted by Crippen LogP contribution is -2.13. The highest BCUT2D eigenvalue weighted by atomic mass is 79.9. The van der Waals surface area contributed by atoms with E-state index in [-0.39, 0.29) is 23.7 Å². The molecule has 0 saturated carbocycles. The Labute approximate surface area is 144 Å². The van der Waals surface area contributed by atoms with E-state index in [1.807, 2.05) is 0 Å². The molecule has 2 aromatic carbocycles. The van der Waals surface area contributed by atoms with Crippen LogP contribution in [-0.4, -0.2) is 23.2 Å². The zero-order valence-electron chi connectivity index (χ0n) is 12.2. The maximum absolute atomic E-state index is 12.1. The van der Waals surface area contributed by atoms with Gasteiger partial charge in [-0.2, -0.15) is 8.78 Å². The first kappa shape index (κ1) is 18.1. The number of nitrogens with zero attached hydrogens (tertiary/aromatic N) is 1. The van der Waals surface area contributed by atoms with Gasteiger partial charge >= 0.3 is 6.61 Å². The van der Waals surface area contributed by atoms with Crippen molar-refractivity contribution in [1.29, 1.82) is 0 Å². The third-order valence-electron chi connectivity index (χ3n) is 3.13. The average molecular weight is 403 g/mol. The molecule has 0 radical (unpaired) electrons. The van der Waals surface area contributed by atoms with Crippen molar-refractivity contribution in [3.05, 3.63) is 62.6 Å². The molecule has 0 fully saturated rings. The Kier molecular flexibility index (Phi) is 6.04. The second kappa shape index (κ2) is 8.02. The summed E-state index contributed by atoms with van der Waals surface area (Å²) in [6, 6.07) is 9.93. The maximum atomic E-state index is 12.1. The number of ether oxygens (including phenoxy) is 1. The SMILES string of the molecule is O=[N+]([O-])c1ccc(Br)cc1NCC(O)c1ccc(OC(F)F)cc1. The minimum Gasteiger partial charge on any atom is -0.435 e. The number of nitro groups is 1. The topological polar surface area (TPSA) is 84.6 Å². The number of hydrogen-bond acceptors (Lipinski definition) is 5. The number of aliphatic hydroxyl groups is 1. The first-order valence-electron chi connectivity index (χ1n) is 6.77. The summed E-state index contributed by atoms with van der Waals surface area (Å²) in [5, 5.41) is 23.9. The molecule has 9 heteroatoms. The van der Waals surface area contributed by atoms with Gasteiger partial charge in [0.1, 0.15) is 11.4 Å². The van der Waals surface area contributed by atoms with E-state index in [2.05, 4.69) is 26.0 Å². The average Bonchev–Trinajstić information content (AvgIpc) is 2.52. The Hall–Kier alpha value is -2.26. The fraction of sp³-hybridized carbons (Fsp3) is 0.200. The zero-order chi connectivity index (χ0) is 17.7. The number of alkyl halides is 2. The van der Waals surface area contributed by atoms with Gasteiger partial charge in [-0.1, -0.05) is 28.1 Å². The first-order chi connectivity index (χ1) is 11.4. The van der Waals surface area contributed by atoms with Gasteiger partial charge in [-0.3, -0.25) is 10.1 Å². The summed E-state index contributed by atoms with van der Waals surface area (Å²) in [4.78, 5) is 10.5. The molecule has 24 heavy (non-hydrogen) atoms. The Morgan fingerprint density at radius 2 is 1.92 bits per heavy atom. The lowest BCUT2D eigenvalue weighted by Gasteiger charge is -2.14. The molecular weight excluding hydrogens is 390 g/mol. The van der Waals surface area contributed by atoms with Crippen LogP contribution in [-0.2, 0) is 0 Å². The summed E-state index contributed by atoms with van der Waals surface area (Å²) in [6.07, 6.45) is -0.982. The number of anilines is 1. The van der Waals surface area contributed by atoms with Gasteiger partial charge in [0.2, 0.25) is 0 Å². The normalized spacial score (nSPS) is 12.0. The fourth-order valence-corrected chi connectivity index (χ4v) is 2.37. The third-order valence-corrected chi connectivity index (χ3v) is 3.62. The van der Waals surface area contributed by atoms with E-state index in [1.54, 1.807) is 6.07 Å². The molecule has 0 spiro atoms. The van der Waals surface area contributed by atoms with Crippen LogP contribution in [0.15, 0.2) is 46.9 Å². The molecular formula is C15H13BrF2N2O4. The van der Waals surface area contributed by atoms with Crippen molar-refractivity contribution in [1.82, 2.24) is 0 Å². The lowest BCUT2D eigenvalue weighted by molar-refractivity contribution is -0.384. The van der Waals surface area contributed by atoms with Crippen LogP contribution >= 0.6 is 15.9 Å². The van der Waals surface area contributed by atoms with Gasteiger partial charge in [0.25, 0.3) is 5.69 Å². The van der Waals surface area contributed by atoms with Crippen LogP contribution in [0.5, 0.6) is 5.75 Å². The predicted octanol–water partition coefficient (Wildman–Crippen LogP) is 4.10. The van der Waals surface area contributed by atoms with E-state index in [1.165, 1.54) is 36.4 Å². The molecule has 0 saturated heterocycles.